The topological polar surface area (TPSA) is 61.4 Å². The fraction of sp³-hybridized carbons (Fsp3) is 0.579. The monoisotopic (exact) mass is 331 g/mol. The van der Waals surface area contributed by atoms with Gasteiger partial charge < -0.3 is 15.5 Å². The third-order valence-corrected chi connectivity index (χ3v) is 4.48. The van der Waals surface area contributed by atoms with E-state index in [9.17, 15) is 9.59 Å². The smallest absolute Gasteiger partial charge is 0.315 e. The zero-order chi connectivity index (χ0) is 17.2. The van der Waals surface area contributed by atoms with Crippen LogP contribution in [0.4, 0.5) is 10.5 Å². The average molecular weight is 331 g/mol. The quantitative estimate of drug-likeness (QED) is 0.752. The lowest BCUT2D eigenvalue weighted by Crippen LogP contribution is -2.43. The normalized spacial score (nSPS) is 14.9. The van der Waals surface area contributed by atoms with Crippen LogP contribution < -0.4 is 15.5 Å². The van der Waals surface area contributed by atoms with Gasteiger partial charge in [0.05, 0.1) is 0 Å². The van der Waals surface area contributed by atoms with E-state index >= 15 is 0 Å². The Balaban J connectivity index is 1.65. The summed E-state index contributed by atoms with van der Waals surface area (Å²) >= 11 is 0. The Morgan fingerprint density at radius 2 is 1.83 bits per heavy atom. The number of carbonyl (C=O) groups is 2. The second-order valence-corrected chi connectivity index (χ2v) is 6.31. The lowest BCUT2D eigenvalue weighted by atomic mass is 9.96. The first kappa shape index (κ1) is 18.3. The molecule has 1 aliphatic rings. The Morgan fingerprint density at radius 3 is 2.50 bits per heavy atom. The van der Waals surface area contributed by atoms with Gasteiger partial charge in [0.2, 0.25) is 5.91 Å². The first-order chi connectivity index (χ1) is 11.7. The predicted octanol–water partition coefficient (Wildman–Crippen LogP) is 3.45. The summed E-state index contributed by atoms with van der Waals surface area (Å²) in [4.78, 5) is 26.0. The lowest BCUT2D eigenvalue weighted by molar-refractivity contribution is -0.118. The number of amides is 3. The molecule has 0 aliphatic heterocycles. The number of benzene rings is 1. The fourth-order valence-corrected chi connectivity index (χ4v) is 3.17. The van der Waals surface area contributed by atoms with Crippen molar-refractivity contribution in [1.82, 2.24) is 10.6 Å². The summed E-state index contributed by atoms with van der Waals surface area (Å²) < 4.78 is 0. The molecule has 1 aliphatic carbocycles. The minimum atomic E-state index is -0.107. The first-order valence-electron chi connectivity index (χ1n) is 9.10. The summed E-state index contributed by atoms with van der Waals surface area (Å²) in [5.41, 5.74) is 0.924. The molecular formula is C19H29N3O2. The first-order valence-corrected chi connectivity index (χ1v) is 9.10. The van der Waals surface area contributed by atoms with Crippen LogP contribution in [0.25, 0.3) is 0 Å². The van der Waals surface area contributed by atoms with Crippen LogP contribution >= 0.6 is 0 Å². The molecule has 0 spiro atoms. The molecule has 0 saturated heterocycles. The zero-order valence-corrected chi connectivity index (χ0v) is 14.6. The summed E-state index contributed by atoms with van der Waals surface area (Å²) in [6.07, 6.45) is 6.92. The van der Waals surface area contributed by atoms with E-state index in [1.807, 2.05) is 37.3 Å². The maximum Gasteiger partial charge on any atom is 0.315 e. The molecule has 2 rings (SSSR count). The van der Waals surface area contributed by atoms with Gasteiger partial charge in [-0.1, -0.05) is 37.5 Å². The second kappa shape index (κ2) is 9.96. The van der Waals surface area contributed by atoms with Crippen molar-refractivity contribution in [3.8, 4) is 0 Å². The van der Waals surface area contributed by atoms with Gasteiger partial charge in [-0.25, -0.2) is 4.79 Å². The molecule has 5 nitrogen and oxygen atoms in total. The van der Waals surface area contributed by atoms with Gasteiger partial charge in [-0.15, -0.1) is 0 Å². The number of carbonyl (C=O) groups excluding carboxylic acids is 2. The predicted molar refractivity (Wildman–Crippen MR) is 97.1 cm³/mol. The summed E-state index contributed by atoms with van der Waals surface area (Å²) in [6, 6.07) is 9.90. The van der Waals surface area contributed by atoms with E-state index in [0.29, 0.717) is 32.0 Å². The van der Waals surface area contributed by atoms with Gasteiger partial charge in [-0.3, -0.25) is 4.79 Å². The molecule has 3 amide bonds. The summed E-state index contributed by atoms with van der Waals surface area (Å²) in [5, 5.41) is 5.88. The number of anilines is 1. The van der Waals surface area contributed by atoms with Crippen LogP contribution in [0.2, 0.25) is 0 Å². The number of urea groups is 1. The summed E-state index contributed by atoms with van der Waals surface area (Å²) in [5.74, 6) is 0.0955. The Bertz CT molecular complexity index is 513. The molecule has 0 unspecified atom stereocenters. The third-order valence-electron chi connectivity index (χ3n) is 4.48. The molecule has 5 heteroatoms. The van der Waals surface area contributed by atoms with Gasteiger partial charge in [0.15, 0.2) is 0 Å². The maximum atomic E-state index is 12.3. The van der Waals surface area contributed by atoms with Gasteiger partial charge in [-0.05, 0) is 38.3 Å². The van der Waals surface area contributed by atoms with E-state index in [2.05, 4.69) is 10.6 Å². The van der Waals surface area contributed by atoms with E-state index in [1.54, 1.807) is 4.90 Å². The van der Waals surface area contributed by atoms with Crippen molar-refractivity contribution in [3.05, 3.63) is 30.3 Å². The molecule has 2 N–H and O–H groups in total. The van der Waals surface area contributed by atoms with E-state index in [4.69, 9.17) is 0 Å². The highest BCUT2D eigenvalue weighted by Crippen LogP contribution is 2.17. The standard InChI is InChI=1S/C19H29N3O2/c1-2-22(17-12-7-4-8-13-17)18(23)14-9-15-20-19(24)21-16-10-5-3-6-11-16/h4,7-8,12-13,16H,2-3,5-6,9-11,14-15H2,1H3,(H2,20,21,24). The van der Waals surface area contributed by atoms with E-state index in [0.717, 1.165) is 18.5 Å². The van der Waals surface area contributed by atoms with Gasteiger partial charge in [0, 0.05) is 31.2 Å². The van der Waals surface area contributed by atoms with Crippen molar-refractivity contribution in [2.24, 2.45) is 0 Å². The van der Waals surface area contributed by atoms with Gasteiger partial charge >= 0.3 is 6.03 Å². The van der Waals surface area contributed by atoms with Crippen molar-refractivity contribution in [3.63, 3.8) is 0 Å². The third kappa shape index (κ3) is 5.87. The second-order valence-electron chi connectivity index (χ2n) is 6.31. The number of hydrogen-bond donors (Lipinski definition) is 2. The Hall–Kier alpha value is -2.04. The van der Waals surface area contributed by atoms with Crippen molar-refractivity contribution in [1.29, 1.82) is 0 Å². The average Bonchev–Trinajstić information content (AvgIpc) is 2.61. The molecule has 0 radical (unpaired) electrons. The molecular weight excluding hydrogens is 302 g/mol. The molecule has 24 heavy (non-hydrogen) atoms. The largest absolute Gasteiger partial charge is 0.338 e. The number of rotatable bonds is 7. The lowest BCUT2D eigenvalue weighted by Gasteiger charge is -2.23. The van der Waals surface area contributed by atoms with Gasteiger partial charge in [0.1, 0.15) is 0 Å². The molecule has 0 atom stereocenters. The molecule has 0 heterocycles. The van der Waals surface area contributed by atoms with Crippen LogP contribution in [0.1, 0.15) is 51.9 Å². The molecule has 1 aromatic carbocycles. The molecule has 1 saturated carbocycles. The Labute approximate surface area is 144 Å². The highest BCUT2D eigenvalue weighted by Gasteiger charge is 2.16. The number of nitrogens with one attached hydrogen (secondary N) is 2. The van der Waals surface area contributed by atoms with Crippen molar-refractivity contribution in [2.75, 3.05) is 18.0 Å². The van der Waals surface area contributed by atoms with Crippen LogP contribution in [0.15, 0.2) is 30.3 Å². The molecule has 0 aromatic heterocycles. The van der Waals surface area contributed by atoms with Gasteiger partial charge in [-0.2, -0.15) is 0 Å². The van der Waals surface area contributed by atoms with Crippen molar-refractivity contribution in [2.45, 2.75) is 57.9 Å². The Kier molecular flexibility index (Phi) is 7.59. The fourth-order valence-electron chi connectivity index (χ4n) is 3.17. The van der Waals surface area contributed by atoms with Crippen molar-refractivity contribution < 1.29 is 9.59 Å². The minimum absolute atomic E-state index is 0.0955. The highest BCUT2D eigenvalue weighted by atomic mass is 16.2. The highest BCUT2D eigenvalue weighted by molar-refractivity contribution is 5.93. The molecule has 1 aromatic rings. The number of nitrogens with zero attached hydrogens (tertiary/aromatic N) is 1. The Morgan fingerprint density at radius 1 is 1.12 bits per heavy atom. The summed E-state index contributed by atoms with van der Waals surface area (Å²) in [6.45, 7) is 3.15. The summed E-state index contributed by atoms with van der Waals surface area (Å²) in [7, 11) is 0. The van der Waals surface area contributed by atoms with E-state index in [-0.39, 0.29) is 11.9 Å². The number of hydrogen-bond acceptors (Lipinski definition) is 2. The molecule has 1 fully saturated rings. The zero-order valence-electron chi connectivity index (χ0n) is 14.6. The van der Waals surface area contributed by atoms with Crippen molar-refractivity contribution >= 4 is 17.6 Å². The van der Waals surface area contributed by atoms with Crippen LogP contribution in [-0.2, 0) is 4.79 Å². The van der Waals surface area contributed by atoms with Crippen LogP contribution in [0.5, 0.6) is 0 Å². The van der Waals surface area contributed by atoms with Crippen LogP contribution in [-0.4, -0.2) is 31.1 Å². The van der Waals surface area contributed by atoms with Crippen LogP contribution in [0, 0.1) is 0 Å². The van der Waals surface area contributed by atoms with E-state index < -0.39 is 0 Å². The maximum absolute atomic E-state index is 12.3. The van der Waals surface area contributed by atoms with Crippen LogP contribution in [0.3, 0.4) is 0 Å². The van der Waals surface area contributed by atoms with E-state index in [1.165, 1.54) is 19.3 Å². The SMILES string of the molecule is CCN(C(=O)CCCNC(=O)NC1CCCCC1)c1ccccc1. The minimum Gasteiger partial charge on any atom is -0.338 e. The number of para-hydroxylation sites is 1. The van der Waals surface area contributed by atoms with Gasteiger partial charge in [0.25, 0.3) is 0 Å². The molecule has 0 bridgehead atoms. The molecule has 132 valence electrons.